The molecular weight excluding hydrogens is 560 g/mol. The standard InChI is InChI=1S/C32H41N6O4Si/c1-32(2,3)42-31(39)37-16-14-36(15-17-37)22-26-8-6-24-20-27(9-10-28(24)35-26)41-30-11-7-25(21-33-30)29-12-13-34-38(29)23-40-18-19-43(4)5/h6-13,20-21H,14-19,22-23H2,1-5H3. The van der Waals surface area contributed by atoms with Gasteiger partial charge in [0.25, 0.3) is 0 Å². The lowest BCUT2D eigenvalue weighted by atomic mass is 10.2. The van der Waals surface area contributed by atoms with Gasteiger partial charge in [-0.15, -0.1) is 0 Å². The largest absolute Gasteiger partial charge is 0.444 e. The van der Waals surface area contributed by atoms with Crippen molar-refractivity contribution < 1.29 is 19.0 Å². The number of carbonyl (C=O) groups excluding carboxylic acids is 1. The topological polar surface area (TPSA) is 94.8 Å². The maximum absolute atomic E-state index is 12.4. The van der Waals surface area contributed by atoms with Gasteiger partial charge < -0.3 is 19.1 Å². The van der Waals surface area contributed by atoms with Gasteiger partial charge in [0.2, 0.25) is 5.88 Å². The Morgan fingerprint density at radius 2 is 1.81 bits per heavy atom. The van der Waals surface area contributed by atoms with Crippen molar-refractivity contribution in [2.45, 2.75) is 58.8 Å². The molecule has 0 N–H and O–H groups in total. The van der Waals surface area contributed by atoms with Crippen molar-refractivity contribution in [1.29, 1.82) is 0 Å². The third-order valence-electron chi connectivity index (χ3n) is 7.06. The lowest BCUT2D eigenvalue weighted by molar-refractivity contribution is 0.0138. The number of carbonyl (C=O) groups is 1. The van der Waals surface area contributed by atoms with Gasteiger partial charge in [-0.2, -0.15) is 5.10 Å². The smallest absolute Gasteiger partial charge is 0.410 e. The fourth-order valence-corrected chi connectivity index (χ4v) is 5.32. The van der Waals surface area contributed by atoms with Crippen LogP contribution >= 0.6 is 0 Å². The number of fused-ring (bicyclic) bond motifs is 1. The molecule has 1 aliphatic heterocycles. The molecule has 0 aliphatic carbocycles. The van der Waals surface area contributed by atoms with Crippen molar-refractivity contribution in [3.8, 4) is 22.9 Å². The van der Waals surface area contributed by atoms with E-state index in [0.717, 1.165) is 60.1 Å². The summed E-state index contributed by atoms with van der Waals surface area (Å²) in [5.41, 5.74) is 3.32. The first kappa shape index (κ1) is 30.6. The fourth-order valence-electron chi connectivity index (χ4n) is 4.76. The van der Waals surface area contributed by atoms with Crippen molar-refractivity contribution in [3.63, 3.8) is 0 Å². The van der Waals surface area contributed by atoms with Gasteiger partial charge in [0.1, 0.15) is 18.1 Å². The van der Waals surface area contributed by atoms with Gasteiger partial charge in [-0.1, -0.05) is 19.2 Å². The second-order valence-electron chi connectivity index (χ2n) is 12.1. The van der Waals surface area contributed by atoms with Gasteiger partial charge in [-0.25, -0.2) is 14.5 Å². The number of piperazine rings is 1. The number of rotatable bonds is 10. The number of pyridine rings is 2. The molecule has 0 bridgehead atoms. The number of aromatic nitrogens is 4. The Labute approximate surface area is 255 Å². The number of benzene rings is 1. The second kappa shape index (κ2) is 13.7. The van der Waals surface area contributed by atoms with Crippen LogP contribution < -0.4 is 4.74 Å². The quantitative estimate of drug-likeness (QED) is 0.160. The third-order valence-corrected chi connectivity index (χ3v) is 8.26. The van der Waals surface area contributed by atoms with Crippen molar-refractivity contribution >= 4 is 25.8 Å². The predicted molar refractivity (Wildman–Crippen MR) is 169 cm³/mol. The lowest BCUT2D eigenvalue weighted by Gasteiger charge is -2.35. The van der Waals surface area contributed by atoms with Crippen LogP contribution in [-0.2, 0) is 22.7 Å². The average molecular weight is 602 g/mol. The third kappa shape index (κ3) is 8.62. The van der Waals surface area contributed by atoms with Crippen LogP contribution in [0.2, 0.25) is 19.1 Å². The average Bonchev–Trinajstić information content (AvgIpc) is 3.44. The molecule has 1 aromatic carbocycles. The van der Waals surface area contributed by atoms with Crippen LogP contribution in [0.15, 0.2) is 60.9 Å². The zero-order chi connectivity index (χ0) is 30.4. The second-order valence-corrected chi connectivity index (χ2v) is 15.0. The minimum Gasteiger partial charge on any atom is -0.444 e. The molecular formula is C32H41N6O4Si. The summed E-state index contributed by atoms with van der Waals surface area (Å²) in [6.07, 6.45) is 3.33. The first-order chi connectivity index (χ1) is 20.6. The van der Waals surface area contributed by atoms with Gasteiger partial charge in [0, 0.05) is 77.5 Å². The van der Waals surface area contributed by atoms with E-state index in [4.69, 9.17) is 19.2 Å². The zero-order valence-corrected chi connectivity index (χ0v) is 26.7. The van der Waals surface area contributed by atoms with E-state index in [0.29, 0.717) is 31.4 Å². The monoisotopic (exact) mass is 601 g/mol. The van der Waals surface area contributed by atoms with Crippen LogP contribution in [0.3, 0.4) is 0 Å². The van der Waals surface area contributed by atoms with Crippen molar-refractivity contribution in [2.75, 3.05) is 32.8 Å². The highest BCUT2D eigenvalue weighted by Crippen LogP contribution is 2.26. The Morgan fingerprint density at radius 3 is 2.53 bits per heavy atom. The van der Waals surface area contributed by atoms with E-state index < -0.39 is 5.60 Å². The van der Waals surface area contributed by atoms with Gasteiger partial charge in [0.15, 0.2) is 0 Å². The number of nitrogens with zero attached hydrogens (tertiary/aromatic N) is 6. The normalized spacial score (nSPS) is 14.4. The summed E-state index contributed by atoms with van der Waals surface area (Å²) in [5.74, 6) is 1.22. The molecule has 227 valence electrons. The summed E-state index contributed by atoms with van der Waals surface area (Å²) in [6, 6.07) is 16.9. The Bertz CT molecular complexity index is 1510. The van der Waals surface area contributed by atoms with E-state index in [1.54, 1.807) is 17.3 Å². The van der Waals surface area contributed by atoms with E-state index >= 15 is 0 Å². The predicted octanol–water partition coefficient (Wildman–Crippen LogP) is 6.07. The highest BCUT2D eigenvalue weighted by atomic mass is 28.3. The first-order valence-electron chi connectivity index (χ1n) is 14.8. The molecule has 4 heterocycles. The Morgan fingerprint density at radius 1 is 1.00 bits per heavy atom. The van der Waals surface area contributed by atoms with Crippen LogP contribution in [-0.4, -0.2) is 82.8 Å². The molecule has 1 aliphatic rings. The minimum atomic E-state index is -0.482. The maximum atomic E-state index is 12.4. The highest BCUT2D eigenvalue weighted by Gasteiger charge is 2.26. The Kier molecular flexibility index (Phi) is 9.74. The van der Waals surface area contributed by atoms with E-state index in [9.17, 15) is 4.79 Å². The summed E-state index contributed by atoms with van der Waals surface area (Å²) in [7, 11) is -0.292. The van der Waals surface area contributed by atoms with Gasteiger partial charge >= 0.3 is 6.09 Å². The first-order valence-corrected chi connectivity index (χ1v) is 17.5. The van der Waals surface area contributed by atoms with Crippen LogP contribution in [0.1, 0.15) is 26.5 Å². The molecule has 11 heteroatoms. The number of amides is 1. The number of hydrogen-bond acceptors (Lipinski definition) is 8. The van der Waals surface area contributed by atoms with Crippen LogP contribution in [0.5, 0.6) is 11.6 Å². The molecule has 3 aromatic heterocycles. The lowest BCUT2D eigenvalue weighted by Crippen LogP contribution is -2.49. The minimum absolute atomic E-state index is 0.244. The molecule has 0 unspecified atom stereocenters. The maximum Gasteiger partial charge on any atom is 0.410 e. The zero-order valence-electron chi connectivity index (χ0n) is 25.7. The molecule has 1 fully saturated rings. The molecule has 10 nitrogen and oxygen atoms in total. The van der Waals surface area contributed by atoms with E-state index in [-0.39, 0.29) is 14.9 Å². The van der Waals surface area contributed by atoms with Crippen LogP contribution in [0.4, 0.5) is 4.79 Å². The summed E-state index contributed by atoms with van der Waals surface area (Å²) < 4.78 is 19.2. The molecule has 0 atom stereocenters. The summed E-state index contributed by atoms with van der Waals surface area (Å²) >= 11 is 0. The number of hydrogen-bond donors (Lipinski definition) is 0. The number of ether oxygens (including phenoxy) is 3. The molecule has 0 spiro atoms. The van der Waals surface area contributed by atoms with Crippen LogP contribution in [0, 0.1) is 0 Å². The van der Waals surface area contributed by atoms with E-state index in [1.165, 1.54) is 0 Å². The summed E-state index contributed by atoms with van der Waals surface area (Å²) in [5, 5.41) is 5.40. The SMILES string of the molecule is C[Si](C)CCOCn1nccc1-c1ccc(Oc2ccc3nc(CN4CCN(C(=O)OC(C)(C)C)CC4)ccc3c2)nc1. The van der Waals surface area contributed by atoms with Crippen molar-refractivity contribution in [2.24, 2.45) is 0 Å². The highest BCUT2D eigenvalue weighted by molar-refractivity contribution is 6.55. The van der Waals surface area contributed by atoms with Crippen molar-refractivity contribution in [3.05, 3.63) is 66.6 Å². The Hall–Kier alpha value is -3.80. The van der Waals surface area contributed by atoms with Crippen LogP contribution in [0.25, 0.3) is 22.2 Å². The Balaban J connectivity index is 1.15. The van der Waals surface area contributed by atoms with Gasteiger partial charge in [-0.3, -0.25) is 9.88 Å². The molecule has 1 radical (unpaired) electrons. The molecule has 4 aromatic rings. The molecule has 0 saturated carbocycles. The van der Waals surface area contributed by atoms with Crippen molar-refractivity contribution in [1.82, 2.24) is 29.5 Å². The molecule has 1 saturated heterocycles. The van der Waals surface area contributed by atoms with E-state index in [2.05, 4.69) is 40.2 Å². The summed E-state index contributed by atoms with van der Waals surface area (Å²) in [6.45, 7) is 15.0. The fraction of sp³-hybridized carbons (Fsp3) is 0.438. The van der Waals surface area contributed by atoms with E-state index in [1.807, 2.05) is 61.9 Å². The van der Waals surface area contributed by atoms with Gasteiger partial charge in [0.05, 0.1) is 16.9 Å². The van der Waals surface area contributed by atoms with Gasteiger partial charge in [-0.05, 0) is 63.2 Å². The molecule has 43 heavy (non-hydrogen) atoms. The molecule has 1 amide bonds. The summed E-state index contributed by atoms with van der Waals surface area (Å²) in [4.78, 5) is 25.8. The molecule has 5 rings (SSSR count).